The number of pyridine rings is 1. The van der Waals surface area contributed by atoms with Crippen molar-refractivity contribution < 1.29 is 18.7 Å². The van der Waals surface area contributed by atoms with Gasteiger partial charge in [0.05, 0.1) is 29.3 Å². The van der Waals surface area contributed by atoms with Crippen molar-refractivity contribution in [2.24, 2.45) is 0 Å². The predicted octanol–water partition coefficient (Wildman–Crippen LogP) is 2.74. The minimum Gasteiger partial charge on any atom is -0.442 e. The van der Waals surface area contributed by atoms with Crippen molar-refractivity contribution in [2.45, 2.75) is 13.0 Å². The molecule has 1 aliphatic rings. The molecule has 3 rings (SSSR count). The van der Waals surface area contributed by atoms with Crippen LogP contribution in [-0.4, -0.2) is 41.2 Å². The number of hydrogen-bond donors (Lipinski definition) is 2. The Bertz CT molecular complexity index is 878. The van der Waals surface area contributed by atoms with Gasteiger partial charge in [0.1, 0.15) is 11.9 Å². The quantitative estimate of drug-likeness (QED) is 0.767. The van der Waals surface area contributed by atoms with Crippen molar-refractivity contribution >= 4 is 40.6 Å². The van der Waals surface area contributed by atoms with Crippen molar-refractivity contribution in [3.8, 4) is 0 Å². The summed E-state index contributed by atoms with van der Waals surface area (Å²) >= 11 is 4.93. The fraction of sp³-hybridized carbons (Fsp3) is 0.222. The van der Waals surface area contributed by atoms with Crippen LogP contribution < -0.4 is 15.5 Å². The number of cyclic esters (lactones) is 1. The molecule has 2 aromatic rings. The van der Waals surface area contributed by atoms with E-state index in [1.165, 1.54) is 29.4 Å². The van der Waals surface area contributed by atoms with E-state index >= 15 is 0 Å². The standard InChI is InChI=1S/C18H17FN4O3S/c1-11(27)21-9-14-10-23(18(25)26-14)13-2-3-15(16(19)8-13)17(24)22-12-4-6-20-7-5-12/h2-8,14H,9-10H2,1H3,(H,21,27)(H,20,22,24)/t14-/m0/s1. The van der Waals surface area contributed by atoms with Gasteiger partial charge < -0.3 is 15.4 Å². The summed E-state index contributed by atoms with van der Waals surface area (Å²) in [4.78, 5) is 30.0. The summed E-state index contributed by atoms with van der Waals surface area (Å²) in [6.07, 6.45) is 2.07. The second-order valence-electron chi connectivity index (χ2n) is 5.91. The molecule has 0 spiro atoms. The van der Waals surface area contributed by atoms with Crippen LogP contribution in [0.25, 0.3) is 0 Å². The first kappa shape index (κ1) is 18.7. The van der Waals surface area contributed by atoms with Crippen LogP contribution in [-0.2, 0) is 4.74 Å². The van der Waals surface area contributed by atoms with E-state index in [0.717, 1.165) is 6.07 Å². The minimum absolute atomic E-state index is 0.127. The summed E-state index contributed by atoms with van der Waals surface area (Å²) in [5.74, 6) is -1.32. The average Bonchev–Trinajstić information content (AvgIpc) is 3.01. The van der Waals surface area contributed by atoms with Gasteiger partial charge in [0.15, 0.2) is 0 Å². The van der Waals surface area contributed by atoms with E-state index in [9.17, 15) is 14.0 Å². The molecule has 140 valence electrons. The fourth-order valence-corrected chi connectivity index (χ4v) is 2.67. The lowest BCUT2D eigenvalue weighted by atomic mass is 10.1. The number of halogens is 1. The number of nitrogens with zero attached hydrogens (tertiary/aromatic N) is 2. The maximum atomic E-state index is 14.5. The Kier molecular flexibility index (Phi) is 5.60. The van der Waals surface area contributed by atoms with Crippen LogP contribution in [0.5, 0.6) is 0 Å². The first-order valence-electron chi connectivity index (χ1n) is 8.17. The number of benzene rings is 1. The van der Waals surface area contributed by atoms with Crippen molar-refractivity contribution in [3.63, 3.8) is 0 Å². The molecule has 1 fully saturated rings. The van der Waals surface area contributed by atoms with Crippen molar-refractivity contribution in [1.29, 1.82) is 0 Å². The highest BCUT2D eigenvalue weighted by Crippen LogP contribution is 2.24. The van der Waals surface area contributed by atoms with Crippen molar-refractivity contribution in [3.05, 3.63) is 54.1 Å². The highest BCUT2D eigenvalue weighted by Gasteiger charge is 2.32. The maximum absolute atomic E-state index is 14.5. The largest absolute Gasteiger partial charge is 0.442 e. The SMILES string of the molecule is CC(=S)NC[C@H]1CN(c2ccc(C(=O)Nc3ccncc3)c(F)c2)C(=O)O1. The van der Waals surface area contributed by atoms with Crippen LogP contribution in [0, 0.1) is 5.82 Å². The minimum atomic E-state index is -0.733. The van der Waals surface area contributed by atoms with Crippen LogP contribution in [0.4, 0.5) is 20.6 Å². The average molecular weight is 388 g/mol. The van der Waals surface area contributed by atoms with Crippen LogP contribution in [0.2, 0.25) is 0 Å². The third kappa shape index (κ3) is 4.56. The molecule has 1 aromatic carbocycles. The van der Waals surface area contributed by atoms with Gasteiger partial charge in [0, 0.05) is 18.1 Å². The third-order valence-corrected chi connectivity index (χ3v) is 4.04. The number of carbonyl (C=O) groups is 2. The molecule has 1 saturated heterocycles. The topological polar surface area (TPSA) is 83.6 Å². The van der Waals surface area contributed by atoms with Crippen LogP contribution in [0.1, 0.15) is 17.3 Å². The summed E-state index contributed by atoms with van der Waals surface area (Å²) in [5.41, 5.74) is 0.697. The predicted molar refractivity (Wildman–Crippen MR) is 102 cm³/mol. The molecule has 7 nitrogen and oxygen atoms in total. The van der Waals surface area contributed by atoms with Gasteiger partial charge >= 0.3 is 6.09 Å². The zero-order valence-electron chi connectivity index (χ0n) is 14.4. The molecule has 1 aromatic heterocycles. The van der Waals surface area contributed by atoms with Gasteiger partial charge in [0.2, 0.25) is 0 Å². The second kappa shape index (κ2) is 8.09. The maximum Gasteiger partial charge on any atom is 0.414 e. The zero-order chi connectivity index (χ0) is 19.4. The van der Waals surface area contributed by atoms with Crippen LogP contribution in [0.15, 0.2) is 42.7 Å². The molecule has 2 heterocycles. The molecule has 27 heavy (non-hydrogen) atoms. The summed E-state index contributed by atoms with van der Waals surface area (Å²) in [5, 5.41) is 5.52. The number of nitrogens with one attached hydrogen (secondary N) is 2. The number of ether oxygens (including phenoxy) is 1. The molecule has 0 unspecified atom stereocenters. The van der Waals surface area contributed by atoms with E-state index in [2.05, 4.69) is 15.6 Å². The molecule has 9 heteroatoms. The van der Waals surface area contributed by atoms with Crippen LogP contribution >= 0.6 is 12.2 Å². The first-order valence-corrected chi connectivity index (χ1v) is 8.58. The summed E-state index contributed by atoms with van der Waals surface area (Å²) in [6, 6.07) is 7.18. The molecule has 0 bridgehead atoms. The summed E-state index contributed by atoms with van der Waals surface area (Å²) in [6.45, 7) is 2.37. The lowest BCUT2D eigenvalue weighted by molar-refractivity contribution is 0.102. The molecule has 1 atom stereocenters. The molecular formula is C18H17FN4O3S. The van der Waals surface area contributed by atoms with Crippen LogP contribution in [0.3, 0.4) is 0 Å². The Morgan fingerprint density at radius 3 is 2.78 bits per heavy atom. The molecular weight excluding hydrogens is 371 g/mol. The summed E-state index contributed by atoms with van der Waals surface area (Å²) in [7, 11) is 0. The smallest absolute Gasteiger partial charge is 0.414 e. The Morgan fingerprint density at radius 2 is 2.11 bits per heavy atom. The molecule has 1 aliphatic heterocycles. The van der Waals surface area contributed by atoms with Gasteiger partial charge in [-0.25, -0.2) is 9.18 Å². The van der Waals surface area contributed by atoms with E-state index in [1.807, 2.05) is 0 Å². The van der Waals surface area contributed by atoms with Crippen molar-refractivity contribution in [1.82, 2.24) is 10.3 Å². The molecule has 0 saturated carbocycles. The molecule has 2 N–H and O–H groups in total. The summed E-state index contributed by atoms with van der Waals surface area (Å²) < 4.78 is 19.7. The van der Waals surface area contributed by atoms with Crippen molar-refractivity contribution in [2.75, 3.05) is 23.3 Å². The monoisotopic (exact) mass is 388 g/mol. The second-order valence-corrected chi connectivity index (χ2v) is 6.52. The molecule has 2 amide bonds. The number of carbonyl (C=O) groups excluding carboxylic acids is 2. The van der Waals surface area contributed by atoms with E-state index in [1.54, 1.807) is 19.1 Å². The van der Waals surface area contributed by atoms with E-state index in [0.29, 0.717) is 22.9 Å². The van der Waals surface area contributed by atoms with E-state index < -0.39 is 23.9 Å². The van der Waals surface area contributed by atoms with Gasteiger partial charge in [-0.1, -0.05) is 12.2 Å². The number of amides is 2. The third-order valence-electron chi connectivity index (χ3n) is 3.90. The molecule has 0 radical (unpaired) electrons. The first-order chi connectivity index (χ1) is 12.9. The van der Waals surface area contributed by atoms with E-state index in [-0.39, 0.29) is 12.1 Å². The van der Waals surface area contributed by atoms with Gasteiger partial charge in [0.25, 0.3) is 5.91 Å². The number of anilines is 2. The van der Waals surface area contributed by atoms with Gasteiger partial charge in [-0.05, 0) is 37.3 Å². The number of hydrogen-bond acceptors (Lipinski definition) is 5. The molecule has 0 aliphatic carbocycles. The Morgan fingerprint density at radius 1 is 1.37 bits per heavy atom. The highest BCUT2D eigenvalue weighted by molar-refractivity contribution is 7.80. The number of aromatic nitrogens is 1. The van der Waals surface area contributed by atoms with Gasteiger partial charge in [-0.15, -0.1) is 0 Å². The fourth-order valence-electron chi connectivity index (χ4n) is 2.59. The number of thiocarbonyl (C=S) groups is 1. The lowest BCUT2D eigenvalue weighted by Crippen LogP contribution is -2.32. The normalized spacial score (nSPS) is 16.0. The highest BCUT2D eigenvalue weighted by atomic mass is 32.1. The lowest BCUT2D eigenvalue weighted by Gasteiger charge is -2.14. The Balaban J connectivity index is 1.70. The zero-order valence-corrected chi connectivity index (χ0v) is 15.3. The van der Waals surface area contributed by atoms with Gasteiger partial charge in [-0.3, -0.25) is 14.7 Å². The van der Waals surface area contributed by atoms with E-state index in [4.69, 9.17) is 17.0 Å². The number of rotatable bonds is 5. The Hall–Kier alpha value is -3.07. The Labute approximate surface area is 160 Å². The van der Waals surface area contributed by atoms with Gasteiger partial charge in [-0.2, -0.15) is 0 Å².